The van der Waals surface area contributed by atoms with E-state index in [1.54, 1.807) is 0 Å². The Kier molecular flexibility index (Phi) is 4.72. The summed E-state index contributed by atoms with van der Waals surface area (Å²) >= 11 is 0. The second-order valence-electron chi connectivity index (χ2n) is 6.94. The Morgan fingerprint density at radius 1 is 1.19 bits per heavy atom. The second kappa shape index (κ2) is 6.18. The Bertz CT molecular complexity index is 494. The third-order valence-electron chi connectivity index (χ3n) is 4.88. The minimum absolute atomic E-state index is 0.269. The zero-order valence-corrected chi connectivity index (χ0v) is 13.6. The zero-order chi connectivity index (χ0) is 15.6. The highest BCUT2D eigenvalue weighted by Crippen LogP contribution is 2.34. The number of carboxylic acids is 1. The predicted molar refractivity (Wildman–Crippen MR) is 85.5 cm³/mol. The molecule has 0 aromatic heterocycles. The fraction of sp³-hybridized carbons (Fsp3) is 0.611. The quantitative estimate of drug-likeness (QED) is 0.908. The van der Waals surface area contributed by atoms with E-state index in [4.69, 9.17) is 0 Å². The third-order valence-corrected chi connectivity index (χ3v) is 4.88. The molecular weight excluding hydrogens is 262 g/mol. The Balaban J connectivity index is 2.12. The first-order chi connectivity index (χ1) is 9.83. The molecule has 0 aliphatic carbocycles. The standard InChI is InChI=1S/C18H27NO2/c1-13(2)15-6-8-16(9-7-15)14(3)19-11-5-10-18(4,12-19)17(20)21/h6-9,13-14H,5,10-12H2,1-4H3,(H,20,21). The van der Waals surface area contributed by atoms with Gasteiger partial charge in [0.15, 0.2) is 0 Å². The summed E-state index contributed by atoms with van der Waals surface area (Å²) in [6, 6.07) is 9.03. The van der Waals surface area contributed by atoms with Crippen LogP contribution < -0.4 is 0 Å². The first-order valence-corrected chi connectivity index (χ1v) is 7.91. The molecule has 0 amide bonds. The molecule has 0 radical (unpaired) electrons. The van der Waals surface area contributed by atoms with Gasteiger partial charge in [-0.2, -0.15) is 0 Å². The number of likely N-dealkylation sites (tertiary alicyclic amines) is 1. The van der Waals surface area contributed by atoms with Crippen LogP contribution in [0.15, 0.2) is 24.3 Å². The maximum Gasteiger partial charge on any atom is 0.310 e. The van der Waals surface area contributed by atoms with Crippen molar-refractivity contribution in [1.82, 2.24) is 4.90 Å². The monoisotopic (exact) mass is 289 g/mol. The van der Waals surface area contributed by atoms with Crippen molar-refractivity contribution >= 4 is 5.97 Å². The van der Waals surface area contributed by atoms with E-state index in [9.17, 15) is 9.90 Å². The van der Waals surface area contributed by atoms with Crippen LogP contribution in [0.2, 0.25) is 0 Å². The van der Waals surface area contributed by atoms with Crippen LogP contribution in [0.5, 0.6) is 0 Å². The first-order valence-electron chi connectivity index (χ1n) is 7.91. The number of nitrogens with zero attached hydrogens (tertiary/aromatic N) is 1. The molecule has 0 saturated carbocycles. The number of rotatable bonds is 4. The van der Waals surface area contributed by atoms with E-state index in [1.807, 2.05) is 6.92 Å². The van der Waals surface area contributed by atoms with E-state index in [2.05, 4.69) is 49.9 Å². The van der Waals surface area contributed by atoms with Gasteiger partial charge < -0.3 is 5.11 Å². The van der Waals surface area contributed by atoms with Crippen LogP contribution in [-0.2, 0) is 4.79 Å². The van der Waals surface area contributed by atoms with Crippen molar-refractivity contribution in [3.63, 3.8) is 0 Å². The maximum atomic E-state index is 11.5. The van der Waals surface area contributed by atoms with Gasteiger partial charge in [0.05, 0.1) is 5.41 Å². The molecule has 1 saturated heterocycles. The molecule has 0 bridgehead atoms. The fourth-order valence-corrected chi connectivity index (χ4v) is 3.15. The van der Waals surface area contributed by atoms with E-state index in [0.717, 1.165) is 19.4 Å². The third kappa shape index (κ3) is 3.46. The smallest absolute Gasteiger partial charge is 0.310 e. The van der Waals surface area contributed by atoms with Crippen molar-refractivity contribution in [2.24, 2.45) is 5.41 Å². The maximum absolute atomic E-state index is 11.5. The van der Waals surface area contributed by atoms with Gasteiger partial charge in [-0.25, -0.2) is 0 Å². The number of hydrogen-bond donors (Lipinski definition) is 1. The molecule has 1 aliphatic rings. The highest BCUT2D eigenvalue weighted by atomic mass is 16.4. The van der Waals surface area contributed by atoms with Gasteiger partial charge >= 0.3 is 5.97 Å². The highest BCUT2D eigenvalue weighted by molar-refractivity contribution is 5.74. The van der Waals surface area contributed by atoms with E-state index in [0.29, 0.717) is 12.5 Å². The van der Waals surface area contributed by atoms with Crippen LogP contribution >= 0.6 is 0 Å². The average Bonchev–Trinajstić information content (AvgIpc) is 2.46. The molecule has 1 N–H and O–H groups in total. The van der Waals surface area contributed by atoms with Crippen molar-refractivity contribution in [2.45, 2.75) is 52.5 Å². The normalized spacial score (nSPS) is 25.0. The summed E-state index contributed by atoms with van der Waals surface area (Å²) in [5.41, 5.74) is 2.01. The van der Waals surface area contributed by atoms with E-state index < -0.39 is 11.4 Å². The van der Waals surface area contributed by atoms with Gasteiger partial charge in [-0.15, -0.1) is 0 Å². The van der Waals surface area contributed by atoms with Crippen LogP contribution in [0.4, 0.5) is 0 Å². The molecule has 1 aromatic rings. The molecule has 1 aromatic carbocycles. The van der Waals surface area contributed by atoms with Crippen LogP contribution in [0, 0.1) is 5.41 Å². The number of hydrogen-bond acceptors (Lipinski definition) is 2. The summed E-state index contributed by atoms with van der Waals surface area (Å²) in [4.78, 5) is 13.8. The van der Waals surface area contributed by atoms with Crippen LogP contribution in [0.1, 0.15) is 63.6 Å². The van der Waals surface area contributed by atoms with Gasteiger partial charge in [-0.05, 0) is 50.3 Å². The van der Waals surface area contributed by atoms with E-state index >= 15 is 0 Å². The highest BCUT2D eigenvalue weighted by Gasteiger charge is 2.39. The molecule has 2 rings (SSSR count). The summed E-state index contributed by atoms with van der Waals surface area (Å²) in [6.45, 7) is 10.1. The number of carboxylic acid groups (broad SMARTS) is 1. The molecule has 0 spiro atoms. The molecule has 2 atom stereocenters. The molecule has 21 heavy (non-hydrogen) atoms. The fourth-order valence-electron chi connectivity index (χ4n) is 3.15. The second-order valence-corrected chi connectivity index (χ2v) is 6.94. The molecular formula is C18H27NO2. The summed E-state index contributed by atoms with van der Waals surface area (Å²) in [5.74, 6) is -0.130. The number of aliphatic carboxylic acids is 1. The number of benzene rings is 1. The van der Waals surface area contributed by atoms with Gasteiger partial charge in [0.25, 0.3) is 0 Å². The lowest BCUT2D eigenvalue weighted by Crippen LogP contribution is -2.46. The average molecular weight is 289 g/mol. The SMILES string of the molecule is CC(C)c1ccc(C(C)N2CCCC(C)(C(=O)O)C2)cc1. The lowest BCUT2D eigenvalue weighted by molar-refractivity contribution is -0.151. The molecule has 116 valence electrons. The van der Waals surface area contributed by atoms with Gasteiger partial charge in [0.1, 0.15) is 0 Å². The zero-order valence-electron chi connectivity index (χ0n) is 13.6. The van der Waals surface area contributed by atoms with Crippen LogP contribution in [0.25, 0.3) is 0 Å². The first kappa shape index (κ1) is 16.0. The minimum Gasteiger partial charge on any atom is -0.481 e. The topological polar surface area (TPSA) is 40.5 Å². The Hall–Kier alpha value is -1.35. The van der Waals surface area contributed by atoms with Crippen molar-refractivity contribution in [1.29, 1.82) is 0 Å². The van der Waals surface area contributed by atoms with Crippen molar-refractivity contribution in [2.75, 3.05) is 13.1 Å². The summed E-state index contributed by atoms with van der Waals surface area (Å²) < 4.78 is 0. The van der Waals surface area contributed by atoms with Crippen LogP contribution in [0.3, 0.4) is 0 Å². The Morgan fingerprint density at radius 2 is 1.76 bits per heavy atom. The van der Waals surface area contributed by atoms with Crippen molar-refractivity contribution < 1.29 is 9.90 Å². The Labute approximate surface area is 128 Å². The molecule has 1 heterocycles. The molecule has 2 unspecified atom stereocenters. The van der Waals surface area contributed by atoms with E-state index in [-0.39, 0.29) is 6.04 Å². The van der Waals surface area contributed by atoms with Gasteiger partial charge in [-0.3, -0.25) is 9.69 Å². The van der Waals surface area contributed by atoms with Crippen LogP contribution in [-0.4, -0.2) is 29.1 Å². The van der Waals surface area contributed by atoms with Gasteiger partial charge in [0.2, 0.25) is 0 Å². The lowest BCUT2D eigenvalue weighted by atomic mass is 9.81. The van der Waals surface area contributed by atoms with Crippen molar-refractivity contribution in [3.05, 3.63) is 35.4 Å². The predicted octanol–water partition coefficient (Wildman–Crippen LogP) is 4.06. The number of carbonyl (C=O) groups is 1. The molecule has 1 aliphatic heterocycles. The lowest BCUT2D eigenvalue weighted by Gasteiger charge is -2.40. The summed E-state index contributed by atoms with van der Waals surface area (Å²) in [6.07, 6.45) is 1.73. The van der Waals surface area contributed by atoms with Crippen molar-refractivity contribution in [3.8, 4) is 0 Å². The number of piperidine rings is 1. The van der Waals surface area contributed by atoms with Gasteiger partial charge in [-0.1, -0.05) is 38.1 Å². The summed E-state index contributed by atoms with van der Waals surface area (Å²) in [7, 11) is 0. The molecule has 1 fully saturated rings. The summed E-state index contributed by atoms with van der Waals surface area (Å²) in [5, 5.41) is 9.44. The molecule has 3 heteroatoms. The molecule has 3 nitrogen and oxygen atoms in total. The largest absolute Gasteiger partial charge is 0.481 e. The van der Waals surface area contributed by atoms with E-state index in [1.165, 1.54) is 11.1 Å². The minimum atomic E-state index is -0.672. The van der Waals surface area contributed by atoms with Gasteiger partial charge in [0, 0.05) is 12.6 Å². The Morgan fingerprint density at radius 3 is 2.29 bits per heavy atom.